The smallest absolute Gasteiger partial charge is 0.106 e. The van der Waals surface area contributed by atoms with Gasteiger partial charge in [-0.15, -0.1) is 0 Å². The molecule has 17 heavy (non-hydrogen) atoms. The summed E-state index contributed by atoms with van der Waals surface area (Å²) in [5, 5.41) is 16.6. The van der Waals surface area contributed by atoms with Crippen molar-refractivity contribution in [2.45, 2.75) is 0 Å². The number of rotatable bonds is 0. The molecule has 0 aliphatic heterocycles. The minimum atomic E-state index is 0.582. The predicted octanol–water partition coefficient (Wildman–Crippen LogP) is 2.67. The highest BCUT2D eigenvalue weighted by Crippen LogP contribution is 2.04. The van der Waals surface area contributed by atoms with E-state index in [1.807, 2.05) is 12.1 Å². The van der Waals surface area contributed by atoms with E-state index < -0.39 is 0 Å². The van der Waals surface area contributed by atoms with E-state index in [1.54, 1.807) is 30.5 Å². The van der Waals surface area contributed by atoms with Crippen LogP contribution in [0.1, 0.15) is 11.1 Å². The number of hydrogen-bond acceptors (Lipinski definition) is 4. The van der Waals surface area contributed by atoms with Gasteiger partial charge < -0.3 is 0 Å². The molecule has 0 saturated carbocycles. The molecular weight excluding hydrogens is 280 g/mol. The van der Waals surface area contributed by atoms with E-state index in [2.05, 4.69) is 25.9 Å². The Morgan fingerprint density at radius 2 is 1.71 bits per heavy atom. The fraction of sp³-hybridized carbons (Fsp3) is 0. The van der Waals surface area contributed by atoms with Gasteiger partial charge in [0.25, 0.3) is 0 Å². The summed E-state index contributed by atoms with van der Waals surface area (Å²) < 4.78 is 0.751. The van der Waals surface area contributed by atoms with E-state index in [9.17, 15) is 0 Å². The van der Waals surface area contributed by atoms with Gasteiger partial charge in [-0.25, -0.2) is 4.98 Å². The maximum Gasteiger partial charge on any atom is 0.106 e. The first-order valence-electron chi connectivity index (χ1n) is 4.58. The summed E-state index contributed by atoms with van der Waals surface area (Å²) in [6.45, 7) is 0. The normalized spacial score (nSPS) is 8.18. The van der Waals surface area contributed by atoms with Gasteiger partial charge in [-0.1, -0.05) is 0 Å². The second-order valence-corrected chi connectivity index (χ2v) is 3.65. The second-order valence-electron chi connectivity index (χ2n) is 2.83. The highest BCUT2D eigenvalue weighted by Gasteiger charge is 1.87. The second kappa shape index (κ2) is 7.10. The first kappa shape index (κ1) is 12.8. The Morgan fingerprint density at radius 1 is 1.00 bits per heavy atom. The van der Waals surface area contributed by atoms with Crippen LogP contribution in [-0.2, 0) is 0 Å². The SMILES string of the molecule is N#Cc1ccc(Br)nc1.N#Cc1cccnc1. The van der Waals surface area contributed by atoms with Crippen molar-refractivity contribution in [3.63, 3.8) is 0 Å². The van der Waals surface area contributed by atoms with E-state index in [0.717, 1.165) is 4.60 Å². The fourth-order valence-electron chi connectivity index (χ4n) is 0.871. The van der Waals surface area contributed by atoms with Crippen LogP contribution in [-0.4, -0.2) is 9.97 Å². The van der Waals surface area contributed by atoms with Crippen LogP contribution in [0, 0.1) is 22.7 Å². The minimum Gasteiger partial charge on any atom is -0.263 e. The molecule has 0 aromatic carbocycles. The van der Waals surface area contributed by atoms with Crippen molar-refractivity contribution in [1.29, 1.82) is 10.5 Å². The lowest BCUT2D eigenvalue weighted by atomic mass is 10.3. The molecule has 2 aromatic rings. The molecule has 0 atom stereocenters. The molecule has 82 valence electrons. The third-order valence-electron chi connectivity index (χ3n) is 1.65. The number of hydrogen-bond donors (Lipinski definition) is 0. The number of nitrogens with zero attached hydrogens (tertiary/aromatic N) is 4. The molecule has 0 amide bonds. The molecule has 0 aliphatic carbocycles. The van der Waals surface area contributed by atoms with E-state index in [4.69, 9.17) is 10.5 Å². The fourth-order valence-corrected chi connectivity index (χ4v) is 1.11. The topological polar surface area (TPSA) is 73.4 Å². The monoisotopic (exact) mass is 286 g/mol. The Bertz CT molecular complexity index is 537. The number of halogens is 1. The van der Waals surface area contributed by atoms with Crippen molar-refractivity contribution >= 4 is 15.9 Å². The average Bonchev–Trinajstić information content (AvgIpc) is 2.41. The summed E-state index contributed by atoms with van der Waals surface area (Å²) in [6, 6.07) is 10.8. The van der Waals surface area contributed by atoms with Gasteiger partial charge in [0.2, 0.25) is 0 Å². The highest BCUT2D eigenvalue weighted by atomic mass is 79.9. The Morgan fingerprint density at radius 3 is 2.12 bits per heavy atom. The molecule has 0 N–H and O–H groups in total. The van der Waals surface area contributed by atoms with Gasteiger partial charge in [0.1, 0.15) is 16.7 Å². The summed E-state index contributed by atoms with van der Waals surface area (Å²) in [7, 11) is 0. The predicted molar refractivity (Wildman–Crippen MR) is 65.6 cm³/mol. The van der Waals surface area contributed by atoms with Crippen molar-refractivity contribution in [3.8, 4) is 12.1 Å². The zero-order valence-corrected chi connectivity index (χ0v) is 10.3. The highest BCUT2D eigenvalue weighted by molar-refractivity contribution is 9.10. The molecular formula is C12H7BrN4. The number of aromatic nitrogens is 2. The summed E-state index contributed by atoms with van der Waals surface area (Å²) in [4.78, 5) is 7.58. The van der Waals surface area contributed by atoms with Crippen molar-refractivity contribution in [2.24, 2.45) is 0 Å². The Labute approximate surface area is 107 Å². The van der Waals surface area contributed by atoms with E-state index >= 15 is 0 Å². The summed E-state index contributed by atoms with van der Waals surface area (Å²) in [6.07, 6.45) is 4.69. The molecule has 0 bridgehead atoms. The average molecular weight is 287 g/mol. The third kappa shape index (κ3) is 4.87. The van der Waals surface area contributed by atoms with Crippen molar-refractivity contribution in [3.05, 3.63) is 58.6 Å². The van der Waals surface area contributed by atoms with Gasteiger partial charge in [-0.05, 0) is 40.2 Å². The summed E-state index contributed by atoms with van der Waals surface area (Å²) in [5.41, 5.74) is 1.19. The van der Waals surface area contributed by atoms with Crippen molar-refractivity contribution in [2.75, 3.05) is 0 Å². The van der Waals surface area contributed by atoms with Gasteiger partial charge in [0.05, 0.1) is 11.1 Å². The van der Waals surface area contributed by atoms with Crippen LogP contribution < -0.4 is 0 Å². The molecule has 0 saturated heterocycles. The lowest BCUT2D eigenvalue weighted by Gasteiger charge is -1.85. The zero-order valence-electron chi connectivity index (χ0n) is 8.71. The molecule has 0 fully saturated rings. The van der Waals surface area contributed by atoms with Gasteiger partial charge in [-0.3, -0.25) is 4.98 Å². The molecule has 5 heteroatoms. The van der Waals surface area contributed by atoms with Gasteiger partial charge >= 0.3 is 0 Å². The minimum absolute atomic E-state index is 0.582. The molecule has 4 nitrogen and oxygen atoms in total. The molecule has 0 radical (unpaired) electrons. The molecule has 2 rings (SSSR count). The van der Waals surface area contributed by atoms with E-state index in [-0.39, 0.29) is 0 Å². The number of pyridine rings is 2. The molecule has 2 aromatic heterocycles. The van der Waals surface area contributed by atoms with Gasteiger partial charge in [0.15, 0.2) is 0 Å². The summed E-state index contributed by atoms with van der Waals surface area (Å²) in [5.74, 6) is 0. The Hall–Kier alpha value is -2.24. The zero-order chi connectivity index (χ0) is 12.5. The first-order chi connectivity index (χ1) is 8.26. The molecule has 0 unspecified atom stereocenters. The van der Waals surface area contributed by atoms with Crippen LogP contribution in [0.4, 0.5) is 0 Å². The van der Waals surface area contributed by atoms with Crippen molar-refractivity contribution in [1.82, 2.24) is 9.97 Å². The van der Waals surface area contributed by atoms with Crippen molar-refractivity contribution < 1.29 is 0 Å². The van der Waals surface area contributed by atoms with Crippen LogP contribution in [0.3, 0.4) is 0 Å². The maximum atomic E-state index is 8.32. The number of nitriles is 2. The van der Waals surface area contributed by atoms with Crippen LogP contribution in [0.25, 0.3) is 0 Å². The van der Waals surface area contributed by atoms with Gasteiger partial charge in [-0.2, -0.15) is 10.5 Å². The third-order valence-corrected chi connectivity index (χ3v) is 2.12. The molecule has 2 heterocycles. The molecule has 0 spiro atoms. The largest absolute Gasteiger partial charge is 0.263 e. The molecule has 0 aliphatic rings. The van der Waals surface area contributed by atoms with E-state index in [1.165, 1.54) is 12.4 Å². The van der Waals surface area contributed by atoms with Crippen LogP contribution in [0.2, 0.25) is 0 Å². The van der Waals surface area contributed by atoms with Crippen LogP contribution in [0.15, 0.2) is 47.5 Å². The maximum absolute atomic E-state index is 8.32. The lowest BCUT2D eigenvalue weighted by molar-refractivity contribution is 1.26. The first-order valence-corrected chi connectivity index (χ1v) is 5.37. The van der Waals surface area contributed by atoms with Crippen LogP contribution in [0.5, 0.6) is 0 Å². The Kier molecular flexibility index (Phi) is 5.36. The quantitative estimate of drug-likeness (QED) is 0.698. The van der Waals surface area contributed by atoms with Crippen LogP contribution >= 0.6 is 15.9 Å². The van der Waals surface area contributed by atoms with E-state index in [0.29, 0.717) is 11.1 Å². The lowest BCUT2D eigenvalue weighted by Crippen LogP contribution is -1.76. The standard InChI is InChI=1S/C6H3BrN2.C6H4N2/c7-6-2-1-5(3-8)4-9-6;7-4-6-2-1-3-8-5-6/h1-2,4H;1-3,5H. The summed E-state index contributed by atoms with van der Waals surface area (Å²) >= 11 is 3.15. The Balaban J connectivity index is 0.000000171. The van der Waals surface area contributed by atoms with Gasteiger partial charge in [0, 0.05) is 18.6 Å².